The van der Waals surface area contributed by atoms with Crippen LogP contribution in [0.15, 0.2) is 72.0 Å². The molecule has 0 saturated heterocycles. The van der Waals surface area contributed by atoms with Crippen LogP contribution < -0.4 is 4.90 Å². The van der Waals surface area contributed by atoms with Gasteiger partial charge in [-0.25, -0.2) is 9.78 Å². The molecular weight excluding hydrogens is 500 g/mol. The van der Waals surface area contributed by atoms with Gasteiger partial charge in [-0.2, -0.15) is 0 Å². The molecule has 7 nitrogen and oxygen atoms in total. The highest BCUT2D eigenvalue weighted by Crippen LogP contribution is 2.43. The van der Waals surface area contributed by atoms with E-state index in [2.05, 4.69) is 25.8 Å². The Kier molecular flexibility index (Phi) is 7.64. The number of aliphatic hydroxyl groups excluding tert-OH is 1. The molecule has 8 heteroatoms. The van der Waals surface area contributed by atoms with Gasteiger partial charge in [0.1, 0.15) is 4.88 Å². The van der Waals surface area contributed by atoms with Gasteiger partial charge >= 0.3 is 5.97 Å². The molecule has 1 aromatic heterocycles. The summed E-state index contributed by atoms with van der Waals surface area (Å²) in [6.07, 6.45) is 2.99. The quantitative estimate of drug-likeness (QED) is 0.293. The summed E-state index contributed by atoms with van der Waals surface area (Å²) in [6, 6.07) is 16.0. The van der Waals surface area contributed by atoms with Gasteiger partial charge in [0.25, 0.3) is 5.91 Å². The van der Waals surface area contributed by atoms with Gasteiger partial charge in [-0.3, -0.25) is 14.5 Å². The van der Waals surface area contributed by atoms with Crippen LogP contribution in [0.4, 0.5) is 5.13 Å². The van der Waals surface area contributed by atoms with Crippen molar-refractivity contribution in [1.29, 1.82) is 0 Å². The average molecular weight is 531 g/mol. The number of aliphatic hydroxyl groups is 1. The number of rotatable bonds is 7. The highest BCUT2D eigenvalue weighted by atomic mass is 32.1. The predicted octanol–water partition coefficient (Wildman–Crippen LogP) is 6.11. The number of aromatic nitrogens is 1. The molecule has 1 aliphatic heterocycles. The van der Waals surface area contributed by atoms with E-state index >= 15 is 0 Å². The van der Waals surface area contributed by atoms with Gasteiger partial charge in [0.05, 0.1) is 23.9 Å². The van der Waals surface area contributed by atoms with Crippen LogP contribution in [-0.2, 0) is 19.7 Å². The number of hydrogen-bond acceptors (Lipinski definition) is 7. The van der Waals surface area contributed by atoms with Gasteiger partial charge in [0.2, 0.25) is 0 Å². The molecule has 0 fully saturated rings. The Morgan fingerprint density at radius 3 is 2.37 bits per heavy atom. The second kappa shape index (κ2) is 10.8. The molecule has 1 atom stereocenters. The zero-order chi connectivity index (χ0) is 27.6. The van der Waals surface area contributed by atoms with Crippen LogP contribution in [0.3, 0.4) is 0 Å². The van der Waals surface area contributed by atoms with Gasteiger partial charge in [-0.15, -0.1) is 0 Å². The van der Waals surface area contributed by atoms with E-state index < -0.39 is 29.5 Å². The maximum atomic E-state index is 13.5. The number of ether oxygens (including phenoxy) is 1. The first-order chi connectivity index (χ1) is 18.0. The third-order valence-electron chi connectivity index (χ3n) is 6.24. The number of thiazole rings is 1. The molecule has 0 radical (unpaired) electrons. The Hall–Kier alpha value is -4.04. The number of esters is 1. The Bertz CT molecular complexity index is 1430. The van der Waals surface area contributed by atoms with Crippen LogP contribution in [0, 0.1) is 6.92 Å². The highest BCUT2D eigenvalue weighted by molar-refractivity contribution is 7.17. The maximum absolute atomic E-state index is 13.5. The molecule has 0 bridgehead atoms. The maximum Gasteiger partial charge on any atom is 0.350 e. The third kappa shape index (κ3) is 5.31. The van der Waals surface area contributed by atoms with E-state index in [0.717, 1.165) is 22.5 Å². The van der Waals surface area contributed by atoms with Crippen LogP contribution in [0.2, 0.25) is 0 Å². The topological polar surface area (TPSA) is 96.8 Å². The second-order valence-corrected chi connectivity index (χ2v) is 10.9. The Labute approximate surface area is 226 Å². The molecule has 3 aromatic rings. The van der Waals surface area contributed by atoms with Crippen molar-refractivity contribution in [3.8, 4) is 0 Å². The van der Waals surface area contributed by atoms with Crippen molar-refractivity contribution < 1.29 is 24.2 Å². The summed E-state index contributed by atoms with van der Waals surface area (Å²) in [5.41, 5.74) is 2.79. The number of ketones is 1. The molecule has 2 aromatic carbocycles. The summed E-state index contributed by atoms with van der Waals surface area (Å²) in [5, 5.41) is 11.2. The predicted molar refractivity (Wildman–Crippen MR) is 148 cm³/mol. The SMILES string of the molecule is CCOC(=O)c1sc(N2C(=O)C(O)=C(C(=O)C=Cc3ccccc3)C2c2ccc(C(C)(C)C)cc2)nc1C. The fourth-order valence-corrected chi connectivity index (χ4v) is 5.22. The van der Waals surface area contributed by atoms with E-state index in [0.29, 0.717) is 11.3 Å². The molecule has 196 valence electrons. The summed E-state index contributed by atoms with van der Waals surface area (Å²) in [6.45, 7) is 9.85. The van der Waals surface area contributed by atoms with Crippen molar-refractivity contribution in [3.05, 3.63) is 99.3 Å². The fraction of sp³-hybridized carbons (Fsp3) is 0.267. The zero-order valence-corrected chi connectivity index (χ0v) is 22.8. The fourth-order valence-electron chi connectivity index (χ4n) is 4.23. The number of amides is 1. The monoisotopic (exact) mass is 530 g/mol. The van der Waals surface area contributed by atoms with Crippen LogP contribution in [-0.4, -0.2) is 34.4 Å². The van der Waals surface area contributed by atoms with E-state index in [1.54, 1.807) is 19.9 Å². The molecule has 0 saturated carbocycles. The van der Waals surface area contributed by atoms with E-state index in [1.807, 2.05) is 54.6 Å². The highest BCUT2D eigenvalue weighted by Gasteiger charge is 2.45. The number of benzene rings is 2. The van der Waals surface area contributed by atoms with Crippen molar-refractivity contribution >= 4 is 40.2 Å². The van der Waals surface area contributed by atoms with Gasteiger partial charge in [-0.1, -0.05) is 92.8 Å². The first-order valence-corrected chi connectivity index (χ1v) is 13.1. The number of hydrogen-bond donors (Lipinski definition) is 1. The molecule has 2 heterocycles. The molecule has 1 N–H and O–H groups in total. The number of allylic oxidation sites excluding steroid dienone is 1. The Morgan fingerprint density at radius 2 is 1.76 bits per heavy atom. The zero-order valence-electron chi connectivity index (χ0n) is 22.0. The number of nitrogens with zero attached hydrogens (tertiary/aromatic N) is 2. The summed E-state index contributed by atoms with van der Waals surface area (Å²) in [5.74, 6) is -2.42. The number of aryl methyl sites for hydroxylation is 1. The largest absolute Gasteiger partial charge is 0.503 e. The van der Waals surface area contributed by atoms with Crippen molar-refractivity contribution in [2.45, 2.75) is 46.1 Å². The lowest BCUT2D eigenvalue weighted by atomic mass is 9.85. The molecule has 0 aliphatic carbocycles. The molecule has 1 unspecified atom stereocenters. The van der Waals surface area contributed by atoms with E-state index in [9.17, 15) is 19.5 Å². The van der Waals surface area contributed by atoms with Crippen LogP contribution >= 0.6 is 11.3 Å². The lowest BCUT2D eigenvalue weighted by molar-refractivity contribution is -0.117. The molecule has 4 rings (SSSR count). The van der Waals surface area contributed by atoms with Gasteiger partial charge in [0.15, 0.2) is 16.7 Å². The third-order valence-corrected chi connectivity index (χ3v) is 7.38. The van der Waals surface area contributed by atoms with E-state index in [1.165, 1.54) is 11.0 Å². The van der Waals surface area contributed by atoms with Crippen molar-refractivity contribution in [2.75, 3.05) is 11.5 Å². The number of carbonyl (C=O) groups is 3. The summed E-state index contributed by atoms with van der Waals surface area (Å²) in [7, 11) is 0. The number of carbonyl (C=O) groups excluding carboxylic acids is 3. The Morgan fingerprint density at radius 1 is 1.11 bits per heavy atom. The Balaban J connectivity index is 1.80. The molecular formula is C30H30N2O5S. The minimum absolute atomic E-state index is 0.0452. The smallest absolute Gasteiger partial charge is 0.350 e. The lowest BCUT2D eigenvalue weighted by Crippen LogP contribution is -2.31. The van der Waals surface area contributed by atoms with Crippen molar-refractivity contribution in [2.24, 2.45) is 0 Å². The van der Waals surface area contributed by atoms with Gasteiger partial charge in [0, 0.05) is 0 Å². The minimum Gasteiger partial charge on any atom is -0.503 e. The summed E-state index contributed by atoms with van der Waals surface area (Å²) >= 11 is 0.993. The average Bonchev–Trinajstić information content (AvgIpc) is 3.39. The molecule has 1 aliphatic rings. The first-order valence-electron chi connectivity index (χ1n) is 12.3. The summed E-state index contributed by atoms with van der Waals surface area (Å²) in [4.78, 5) is 45.3. The number of anilines is 1. The van der Waals surface area contributed by atoms with Gasteiger partial charge in [-0.05, 0) is 42.0 Å². The van der Waals surface area contributed by atoms with Crippen LogP contribution in [0.5, 0.6) is 0 Å². The molecule has 0 spiro atoms. The van der Waals surface area contributed by atoms with E-state index in [4.69, 9.17) is 4.74 Å². The van der Waals surface area contributed by atoms with Crippen LogP contribution in [0.1, 0.15) is 65.8 Å². The van der Waals surface area contributed by atoms with E-state index in [-0.39, 0.29) is 27.6 Å². The lowest BCUT2D eigenvalue weighted by Gasteiger charge is -2.25. The summed E-state index contributed by atoms with van der Waals surface area (Å²) < 4.78 is 5.13. The van der Waals surface area contributed by atoms with Crippen molar-refractivity contribution in [3.63, 3.8) is 0 Å². The molecule has 1 amide bonds. The van der Waals surface area contributed by atoms with Crippen LogP contribution in [0.25, 0.3) is 6.08 Å². The second-order valence-electron chi connectivity index (χ2n) is 9.95. The van der Waals surface area contributed by atoms with Crippen molar-refractivity contribution in [1.82, 2.24) is 4.98 Å². The standard InChI is InChI=1S/C30H30N2O5S/c1-6-37-28(36)26-18(2)31-29(38-26)32-24(20-13-15-21(16-14-20)30(3,4)5)23(25(34)27(32)35)22(33)17-12-19-10-8-7-9-11-19/h7-17,24,34H,6H2,1-5H3. The minimum atomic E-state index is -0.926. The molecule has 38 heavy (non-hydrogen) atoms. The normalized spacial score (nSPS) is 16.0. The first kappa shape index (κ1) is 27.0. The van der Waals surface area contributed by atoms with Gasteiger partial charge < -0.3 is 9.84 Å².